The van der Waals surface area contributed by atoms with Crippen molar-refractivity contribution in [3.05, 3.63) is 60.2 Å². The van der Waals surface area contributed by atoms with Gasteiger partial charge in [0, 0.05) is 11.1 Å². The molecule has 0 unspecified atom stereocenters. The third-order valence-corrected chi connectivity index (χ3v) is 4.88. The van der Waals surface area contributed by atoms with Gasteiger partial charge in [0.25, 0.3) is 0 Å². The van der Waals surface area contributed by atoms with Crippen molar-refractivity contribution in [2.45, 2.75) is 0 Å². The van der Waals surface area contributed by atoms with Gasteiger partial charge in [0.1, 0.15) is 22.5 Å². The van der Waals surface area contributed by atoms with Gasteiger partial charge in [0.05, 0.1) is 25.9 Å². The van der Waals surface area contributed by atoms with E-state index in [-0.39, 0.29) is 11.1 Å². The normalized spacial score (nSPS) is 11.0. The Morgan fingerprint density at radius 2 is 1.04 bits per heavy atom. The molecular weight excluding hydrogens is 370 g/mol. The minimum atomic E-state index is -0.953. The average Bonchev–Trinajstić information content (AvgIpc) is 3.18. The van der Waals surface area contributed by atoms with E-state index in [9.17, 15) is 0 Å². The summed E-state index contributed by atoms with van der Waals surface area (Å²) < 4.78 is 48.9. The number of rotatable bonds is 4. The Kier molecular flexibility index (Phi) is 4.45. The highest BCUT2D eigenvalue weighted by atomic mass is 32.1. The lowest BCUT2D eigenvalue weighted by molar-refractivity contribution is 0.414. The fourth-order valence-electron chi connectivity index (χ4n) is 2.99. The van der Waals surface area contributed by atoms with E-state index in [1.54, 1.807) is 62.8 Å². The van der Waals surface area contributed by atoms with Gasteiger partial charge in [-0.2, -0.15) is 8.75 Å². The lowest BCUT2D eigenvalue weighted by Crippen LogP contribution is -1.97. The van der Waals surface area contributed by atoms with Gasteiger partial charge in [-0.05, 0) is 35.4 Å². The molecule has 4 aromatic rings. The first kappa shape index (κ1) is 17.4. The van der Waals surface area contributed by atoms with E-state index in [0.29, 0.717) is 33.7 Å². The quantitative estimate of drug-likeness (QED) is 0.478. The maximum atomic E-state index is 15.1. The molecule has 0 bridgehead atoms. The predicted molar refractivity (Wildman–Crippen MR) is 101 cm³/mol. The first-order chi connectivity index (χ1) is 13.1. The van der Waals surface area contributed by atoms with Crippen LogP contribution in [0, 0.1) is 11.6 Å². The van der Waals surface area contributed by atoms with Crippen LogP contribution in [0.15, 0.2) is 48.5 Å². The van der Waals surface area contributed by atoms with E-state index < -0.39 is 11.6 Å². The van der Waals surface area contributed by atoms with Crippen LogP contribution in [0.1, 0.15) is 0 Å². The molecule has 0 fully saturated rings. The molecule has 4 nitrogen and oxygen atoms in total. The molecular formula is C20H14F2N2O2S. The molecule has 0 aliphatic heterocycles. The second-order valence-electron chi connectivity index (χ2n) is 5.80. The zero-order valence-electron chi connectivity index (χ0n) is 14.5. The van der Waals surface area contributed by atoms with Crippen molar-refractivity contribution >= 4 is 22.8 Å². The molecule has 0 aliphatic carbocycles. The smallest absolute Gasteiger partial charge is 0.169 e. The second kappa shape index (κ2) is 6.92. The van der Waals surface area contributed by atoms with Gasteiger partial charge < -0.3 is 9.47 Å². The number of ether oxygens (including phenoxy) is 2. The minimum absolute atomic E-state index is 0.0937. The Hall–Kier alpha value is -3.06. The van der Waals surface area contributed by atoms with E-state index in [4.69, 9.17) is 9.47 Å². The van der Waals surface area contributed by atoms with Crippen molar-refractivity contribution < 1.29 is 18.3 Å². The molecule has 0 spiro atoms. The van der Waals surface area contributed by atoms with Crippen molar-refractivity contribution in [1.82, 2.24) is 8.75 Å². The van der Waals surface area contributed by atoms with Gasteiger partial charge in [-0.15, -0.1) is 0 Å². The summed E-state index contributed by atoms with van der Waals surface area (Å²) in [5, 5.41) is 0. The van der Waals surface area contributed by atoms with Crippen LogP contribution in [-0.4, -0.2) is 23.0 Å². The number of aromatic nitrogens is 2. The molecule has 0 radical (unpaired) electrons. The highest BCUT2D eigenvalue weighted by Gasteiger charge is 2.24. The van der Waals surface area contributed by atoms with E-state index in [0.717, 1.165) is 11.7 Å². The number of nitrogens with zero attached hydrogens (tertiary/aromatic N) is 2. The van der Waals surface area contributed by atoms with Crippen LogP contribution in [0.4, 0.5) is 8.78 Å². The fourth-order valence-corrected chi connectivity index (χ4v) is 3.55. The molecule has 136 valence electrons. The summed E-state index contributed by atoms with van der Waals surface area (Å²) in [7, 11) is 3.09. The van der Waals surface area contributed by atoms with Crippen molar-refractivity contribution in [3.63, 3.8) is 0 Å². The van der Waals surface area contributed by atoms with Gasteiger partial charge in [0.2, 0.25) is 0 Å². The number of fused-ring (bicyclic) bond motifs is 1. The zero-order chi connectivity index (χ0) is 19.0. The first-order valence-corrected chi connectivity index (χ1v) is 8.79. The molecule has 0 amide bonds. The second-order valence-corrected chi connectivity index (χ2v) is 6.32. The summed E-state index contributed by atoms with van der Waals surface area (Å²) in [4.78, 5) is 0. The van der Waals surface area contributed by atoms with Gasteiger partial charge in [-0.25, -0.2) is 8.78 Å². The van der Waals surface area contributed by atoms with E-state index in [1.807, 2.05) is 0 Å². The largest absolute Gasteiger partial charge is 0.497 e. The summed E-state index contributed by atoms with van der Waals surface area (Å²) in [5.41, 5.74) is 1.86. The topological polar surface area (TPSA) is 44.2 Å². The standard InChI is InChI=1S/C20H14F2N2O2S/c1-25-13-7-3-11(4-8-13)15-17(21)18(22)16(20-19(15)23-27-24-20)12-5-9-14(26-2)10-6-12/h3-10H,1-2H3. The molecule has 0 aliphatic rings. The number of hydrogen-bond acceptors (Lipinski definition) is 5. The lowest BCUT2D eigenvalue weighted by Gasteiger charge is -2.11. The molecule has 4 rings (SSSR count). The third kappa shape index (κ3) is 2.90. The van der Waals surface area contributed by atoms with Crippen LogP contribution >= 0.6 is 11.7 Å². The predicted octanol–water partition coefficient (Wildman–Crippen LogP) is 5.32. The number of halogens is 2. The van der Waals surface area contributed by atoms with Crippen molar-refractivity contribution in [2.24, 2.45) is 0 Å². The molecule has 0 saturated heterocycles. The Labute approximate surface area is 158 Å². The SMILES string of the molecule is COc1ccc(-c2c(F)c(F)c(-c3ccc(OC)cc3)c3nsnc23)cc1. The minimum Gasteiger partial charge on any atom is -0.497 e. The maximum absolute atomic E-state index is 15.1. The summed E-state index contributed by atoms with van der Waals surface area (Å²) in [6.45, 7) is 0. The third-order valence-electron chi connectivity index (χ3n) is 4.35. The Morgan fingerprint density at radius 3 is 1.37 bits per heavy atom. The van der Waals surface area contributed by atoms with Crippen LogP contribution in [0.3, 0.4) is 0 Å². The number of methoxy groups -OCH3 is 2. The molecule has 1 aromatic heterocycles. The zero-order valence-corrected chi connectivity index (χ0v) is 15.3. The van der Waals surface area contributed by atoms with E-state index >= 15 is 8.78 Å². The van der Waals surface area contributed by atoms with Gasteiger partial charge in [-0.3, -0.25) is 0 Å². The Balaban J connectivity index is 1.96. The molecule has 27 heavy (non-hydrogen) atoms. The highest BCUT2D eigenvalue weighted by Crippen LogP contribution is 2.40. The maximum Gasteiger partial charge on any atom is 0.169 e. The van der Waals surface area contributed by atoms with Gasteiger partial charge in [-0.1, -0.05) is 24.3 Å². The van der Waals surface area contributed by atoms with Gasteiger partial charge in [0.15, 0.2) is 11.6 Å². The van der Waals surface area contributed by atoms with Crippen molar-refractivity contribution in [2.75, 3.05) is 14.2 Å². The van der Waals surface area contributed by atoms with Crippen LogP contribution in [0.25, 0.3) is 33.3 Å². The molecule has 1 heterocycles. The summed E-state index contributed by atoms with van der Waals surface area (Å²) in [5.74, 6) is -0.651. The van der Waals surface area contributed by atoms with Crippen LogP contribution in [0.5, 0.6) is 11.5 Å². The molecule has 0 N–H and O–H groups in total. The molecule has 3 aromatic carbocycles. The molecule has 7 heteroatoms. The van der Waals surface area contributed by atoms with Crippen LogP contribution in [0.2, 0.25) is 0 Å². The lowest BCUT2D eigenvalue weighted by atomic mass is 9.96. The molecule has 0 atom stereocenters. The van der Waals surface area contributed by atoms with E-state index in [1.165, 1.54) is 0 Å². The van der Waals surface area contributed by atoms with Crippen LogP contribution in [-0.2, 0) is 0 Å². The first-order valence-electron chi connectivity index (χ1n) is 8.06. The number of benzene rings is 3. The number of hydrogen-bond donors (Lipinski definition) is 0. The Bertz CT molecular complexity index is 1020. The van der Waals surface area contributed by atoms with Crippen molar-refractivity contribution in [3.8, 4) is 33.8 Å². The fraction of sp³-hybridized carbons (Fsp3) is 0.100. The Morgan fingerprint density at radius 1 is 0.667 bits per heavy atom. The summed E-state index contributed by atoms with van der Waals surface area (Å²) >= 11 is 0.921. The monoisotopic (exact) mass is 384 g/mol. The van der Waals surface area contributed by atoms with Crippen LogP contribution < -0.4 is 9.47 Å². The summed E-state index contributed by atoms with van der Waals surface area (Å²) in [6.07, 6.45) is 0. The average molecular weight is 384 g/mol. The molecule has 0 saturated carbocycles. The van der Waals surface area contributed by atoms with Crippen molar-refractivity contribution in [1.29, 1.82) is 0 Å². The van der Waals surface area contributed by atoms with E-state index in [2.05, 4.69) is 8.75 Å². The van der Waals surface area contributed by atoms with Gasteiger partial charge >= 0.3 is 0 Å². The highest BCUT2D eigenvalue weighted by molar-refractivity contribution is 7.00. The summed E-state index contributed by atoms with van der Waals surface area (Å²) in [6, 6.07) is 13.4.